The predicted molar refractivity (Wildman–Crippen MR) is 36.6 cm³/mol. The fraction of sp³-hybridized carbons (Fsp3) is 0.857. The van der Waals surface area contributed by atoms with E-state index in [1.165, 1.54) is 13.8 Å². The highest BCUT2D eigenvalue weighted by Gasteiger charge is 2.36. The fourth-order valence-electron chi connectivity index (χ4n) is 1.19. The Labute approximate surface area is 59.8 Å². The van der Waals surface area contributed by atoms with Gasteiger partial charge in [0, 0.05) is 13.0 Å². The van der Waals surface area contributed by atoms with Gasteiger partial charge in [-0.15, -0.1) is 0 Å². The number of carbonyl (C=O) groups excluding carboxylic acids is 1. The maximum atomic E-state index is 13.0. The molecule has 0 radical (unpaired) electrons. The second-order valence-electron chi connectivity index (χ2n) is 3.16. The van der Waals surface area contributed by atoms with Crippen molar-refractivity contribution < 1.29 is 9.18 Å². The molecule has 2 unspecified atom stereocenters. The molecular weight excluding hydrogens is 133 g/mol. The van der Waals surface area contributed by atoms with Crippen molar-refractivity contribution in [3.63, 3.8) is 0 Å². The highest BCUT2D eigenvalue weighted by molar-refractivity contribution is 5.81. The van der Waals surface area contributed by atoms with Crippen LogP contribution >= 0.6 is 0 Å². The van der Waals surface area contributed by atoms with Crippen molar-refractivity contribution in [1.29, 1.82) is 0 Å². The summed E-state index contributed by atoms with van der Waals surface area (Å²) < 4.78 is 13.0. The average Bonchev–Trinajstić information content (AvgIpc) is 2.10. The summed E-state index contributed by atoms with van der Waals surface area (Å²) in [5.41, 5.74) is -1.18. The largest absolute Gasteiger partial charge is 0.304 e. The van der Waals surface area contributed by atoms with Crippen molar-refractivity contribution in [2.75, 3.05) is 6.54 Å². The Bertz CT molecular complexity index is 156. The maximum Gasteiger partial charge on any atom is 0.146 e. The zero-order valence-corrected chi connectivity index (χ0v) is 6.28. The fourth-order valence-corrected chi connectivity index (χ4v) is 1.19. The van der Waals surface area contributed by atoms with Gasteiger partial charge in [-0.05, 0) is 13.8 Å². The summed E-state index contributed by atoms with van der Waals surface area (Å²) in [6.07, 6.45) is 0.322. The molecule has 0 aromatic carbocycles. The van der Waals surface area contributed by atoms with Crippen LogP contribution in [0, 0.1) is 0 Å². The van der Waals surface area contributed by atoms with Gasteiger partial charge in [-0.3, -0.25) is 4.79 Å². The first-order valence-corrected chi connectivity index (χ1v) is 3.44. The third kappa shape index (κ3) is 1.53. The lowest BCUT2D eigenvalue weighted by molar-refractivity contribution is -0.118. The van der Waals surface area contributed by atoms with E-state index in [1.54, 1.807) is 0 Å². The minimum Gasteiger partial charge on any atom is -0.304 e. The SMILES string of the molecule is CC(=O)C1CC(C)(F)CN1. The van der Waals surface area contributed by atoms with Crippen molar-refractivity contribution in [2.24, 2.45) is 0 Å². The third-order valence-electron chi connectivity index (χ3n) is 1.84. The van der Waals surface area contributed by atoms with E-state index in [4.69, 9.17) is 0 Å². The second kappa shape index (κ2) is 2.31. The van der Waals surface area contributed by atoms with E-state index in [0.29, 0.717) is 13.0 Å². The van der Waals surface area contributed by atoms with Crippen molar-refractivity contribution in [3.05, 3.63) is 0 Å². The van der Waals surface area contributed by atoms with Crippen LogP contribution in [0.4, 0.5) is 4.39 Å². The molecule has 58 valence electrons. The first-order valence-electron chi connectivity index (χ1n) is 3.44. The summed E-state index contributed by atoms with van der Waals surface area (Å²) in [7, 11) is 0. The van der Waals surface area contributed by atoms with Crippen LogP contribution in [0.1, 0.15) is 20.3 Å². The van der Waals surface area contributed by atoms with Gasteiger partial charge < -0.3 is 5.32 Å². The van der Waals surface area contributed by atoms with Gasteiger partial charge in [0.15, 0.2) is 0 Å². The van der Waals surface area contributed by atoms with Gasteiger partial charge >= 0.3 is 0 Å². The van der Waals surface area contributed by atoms with Gasteiger partial charge in [0.2, 0.25) is 0 Å². The minimum absolute atomic E-state index is 0.0291. The third-order valence-corrected chi connectivity index (χ3v) is 1.84. The summed E-state index contributed by atoms with van der Waals surface area (Å²) in [6, 6.07) is -0.255. The molecule has 1 fully saturated rings. The van der Waals surface area contributed by atoms with Crippen LogP contribution in [0.15, 0.2) is 0 Å². The number of carbonyl (C=O) groups is 1. The molecule has 0 aromatic rings. The lowest BCUT2D eigenvalue weighted by Crippen LogP contribution is -2.28. The number of Topliss-reactive ketones (excluding diaryl/α,β-unsaturated/α-hetero) is 1. The Kier molecular flexibility index (Phi) is 1.77. The van der Waals surface area contributed by atoms with Crippen molar-refractivity contribution in [1.82, 2.24) is 5.32 Å². The number of nitrogens with one attached hydrogen (secondary N) is 1. The topological polar surface area (TPSA) is 29.1 Å². The summed E-state index contributed by atoms with van der Waals surface area (Å²) in [5.74, 6) is 0.0291. The average molecular weight is 145 g/mol. The highest BCUT2D eigenvalue weighted by Crippen LogP contribution is 2.22. The van der Waals surface area contributed by atoms with E-state index in [9.17, 15) is 9.18 Å². The van der Waals surface area contributed by atoms with Crippen LogP contribution in [0.3, 0.4) is 0 Å². The zero-order chi connectivity index (χ0) is 7.78. The molecule has 1 aliphatic rings. The Morgan fingerprint density at radius 1 is 1.80 bits per heavy atom. The van der Waals surface area contributed by atoms with Gasteiger partial charge in [0.05, 0.1) is 6.04 Å². The van der Waals surface area contributed by atoms with Crippen molar-refractivity contribution in [3.8, 4) is 0 Å². The molecule has 2 atom stereocenters. The van der Waals surface area contributed by atoms with E-state index >= 15 is 0 Å². The molecule has 0 aliphatic carbocycles. The number of alkyl halides is 1. The minimum atomic E-state index is -1.18. The molecule has 1 N–H and O–H groups in total. The molecule has 1 heterocycles. The Morgan fingerprint density at radius 3 is 2.60 bits per heavy atom. The van der Waals surface area contributed by atoms with Gasteiger partial charge in [0.25, 0.3) is 0 Å². The van der Waals surface area contributed by atoms with Crippen LogP contribution in [-0.2, 0) is 4.79 Å². The molecule has 0 spiro atoms. The zero-order valence-electron chi connectivity index (χ0n) is 6.28. The van der Waals surface area contributed by atoms with Crippen LogP contribution in [0.25, 0.3) is 0 Å². The maximum absolute atomic E-state index is 13.0. The second-order valence-corrected chi connectivity index (χ2v) is 3.16. The number of ketones is 1. The summed E-state index contributed by atoms with van der Waals surface area (Å²) >= 11 is 0. The van der Waals surface area contributed by atoms with Gasteiger partial charge in [-0.2, -0.15) is 0 Å². The lowest BCUT2D eigenvalue weighted by Gasteiger charge is -2.09. The Hall–Kier alpha value is -0.440. The number of halogens is 1. The van der Waals surface area contributed by atoms with Crippen molar-refractivity contribution in [2.45, 2.75) is 32.0 Å². The molecule has 0 aromatic heterocycles. The molecule has 3 heteroatoms. The van der Waals surface area contributed by atoms with E-state index in [1.807, 2.05) is 0 Å². The van der Waals surface area contributed by atoms with E-state index < -0.39 is 5.67 Å². The lowest BCUT2D eigenvalue weighted by atomic mass is 10.0. The monoisotopic (exact) mass is 145 g/mol. The smallest absolute Gasteiger partial charge is 0.146 e. The molecule has 0 amide bonds. The number of hydrogen-bond acceptors (Lipinski definition) is 2. The molecular formula is C7H12FNO. The number of rotatable bonds is 1. The van der Waals surface area contributed by atoms with Crippen molar-refractivity contribution >= 4 is 5.78 Å². The summed E-state index contributed by atoms with van der Waals surface area (Å²) in [6.45, 7) is 3.30. The Balaban J connectivity index is 2.51. The van der Waals surface area contributed by atoms with E-state index in [-0.39, 0.29) is 11.8 Å². The predicted octanol–water partition coefficient (Wildman–Crippen LogP) is 0.665. The first-order chi connectivity index (χ1) is 4.51. The van der Waals surface area contributed by atoms with Crippen LogP contribution in [-0.4, -0.2) is 24.0 Å². The highest BCUT2D eigenvalue weighted by atomic mass is 19.1. The number of hydrogen-bond donors (Lipinski definition) is 1. The van der Waals surface area contributed by atoms with Crippen LogP contribution in [0.2, 0.25) is 0 Å². The van der Waals surface area contributed by atoms with Gasteiger partial charge in [-0.1, -0.05) is 0 Å². The molecule has 1 rings (SSSR count). The van der Waals surface area contributed by atoms with Gasteiger partial charge in [-0.25, -0.2) is 4.39 Å². The van der Waals surface area contributed by atoms with Crippen LogP contribution < -0.4 is 5.32 Å². The first kappa shape index (κ1) is 7.66. The quantitative estimate of drug-likeness (QED) is 0.587. The van der Waals surface area contributed by atoms with Crippen LogP contribution in [0.5, 0.6) is 0 Å². The summed E-state index contributed by atoms with van der Waals surface area (Å²) in [4.78, 5) is 10.7. The molecule has 0 bridgehead atoms. The van der Waals surface area contributed by atoms with E-state index in [0.717, 1.165) is 0 Å². The molecule has 2 nitrogen and oxygen atoms in total. The molecule has 10 heavy (non-hydrogen) atoms. The van der Waals surface area contributed by atoms with Gasteiger partial charge in [0.1, 0.15) is 11.5 Å². The normalized spacial score (nSPS) is 40.1. The summed E-state index contributed by atoms with van der Waals surface area (Å²) in [5, 5.41) is 2.82. The molecule has 0 saturated carbocycles. The molecule has 1 saturated heterocycles. The molecule has 1 aliphatic heterocycles. The Morgan fingerprint density at radius 2 is 2.40 bits per heavy atom. The standard InChI is InChI=1S/C7H12FNO/c1-5(10)6-3-7(2,8)4-9-6/h6,9H,3-4H2,1-2H3. The van der Waals surface area contributed by atoms with E-state index in [2.05, 4.69) is 5.32 Å².